The maximum atomic E-state index is 13.6. The number of aliphatic hydroxyl groups excluding tert-OH is 1. The summed E-state index contributed by atoms with van der Waals surface area (Å²) in [6.07, 6.45) is 0.00677. The zero-order valence-corrected chi connectivity index (χ0v) is 12.8. The highest BCUT2D eigenvalue weighted by Crippen LogP contribution is 2.20. The van der Waals surface area contributed by atoms with Crippen LogP contribution in [0.2, 0.25) is 0 Å². The van der Waals surface area contributed by atoms with Crippen molar-refractivity contribution in [3.63, 3.8) is 0 Å². The van der Waals surface area contributed by atoms with E-state index < -0.39 is 29.2 Å². The Balaban J connectivity index is 2.06. The van der Waals surface area contributed by atoms with Crippen LogP contribution in [-0.4, -0.2) is 36.6 Å². The van der Waals surface area contributed by atoms with E-state index in [2.05, 4.69) is 10.3 Å². The summed E-state index contributed by atoms with van der Waals surface area (Å²) in [7, 11) is 3.57. The van der Waals surface area contributed by atoms with Gasteiger partial charge in [0.15, 0.2) is 0 Å². The average molecular weight is 321 g/mol. The second-order valence-corrected chi connectivity index (χ2v) is 5.16. The van der Waals surface area contributed by atoms with Crippen molar-refractivity contribution in [3.8, 4) is 0 Å². The first-order chi connectivity index (χ1) is 10.9. The summed E-state index contributed by atoms with van der Waals surface area (Å²) in [6, 6.07) is 6.40. The number of anilines is 1. The number of carbonyl (C=O) groups is 1. The summed E-state index contributed by atoms with van der Waals surface area (Å²) in [4.78, 5) is 17.9. The van der Waals surface area contributed by atoms with E-state index in [-0.39, 0.29) is 6.54 Å². The number of nitrogens with one attached hydrogen (secondary N) is 1. The van der Waals surface area contributed by atoms with Gasteiger partial charge in [-0.25, -0.2) is 13.8 Å². The van der Waals surface area contributed by atoms with Crippen LogP contribution in [0.3, 0.4) is 0 Å². The first-order valence-electron chi connectivity index (χ1n) is 6.93. The van der Waals surface area contributed by atoms with Crippen LogP contribution in [0.15, 0.2) is 36.5 Å². The van der Waals surface area contributed by atoms with Gasteiger partial charge in [-0.3, -0.25) is 4.79 Å². The van der Waals surface area contributed by atoms with E-state index in [0.29, 0.717) is 11.4 Å². The van der Waals surface area contributed by atoms with E-state index in [1.54, 1.807) is 25.1 Å². The molecule has 2 N–H and O–H groups in total. The van der Waals surface area contributed by atoms with Crippen LogP contribution in [0.5, 0.6) is 0 Å². The molecule has 1 amide bonds. The fraction of sp³-hybridized carbons (Fsp3) is 0.250. The number of aliphatic hydroxyl groups is 1. The molecule has 0 aliphatic carbocycles. The Labute approximate surface area is 132 Å². The molecule has 0 aliphatic rings. The lowest BCUT2D eigenvalue weighted by Gasteiger charge is -2.15. The monoisotopic (exact) mass is 321 g/mol. The number of nitrogens with zero attached hydrogens (tertiary/aromatic N) is 2. The average Bonchev–Trinajstić information content (AvgIpc) is 2.52. The molecule has 2 rings (SSSR count). The molecule has 1 atom stereocenters. The molecule has 1 aromatic carbocycles. The number of amides is 1. The lowest BCUT2D eigenvalue weighted by molar-refractivity contribution is 0.0911. The van der Waals surface area contributed by atoms with Crippen molar-refractivity contribution in [1.82, 2.24) is 10.3 Å². The summed E-state index contributed by atoms with van der Waals surface area (Å²) >= 11 is 0. The highest BCUT2D eigenvalue weighted by molar-refractivity contribution is 5.94. The first-order valence-corrected chi connectivity index (χ1v) is 6.93. The SMILES string of the molecule is CN(C)c1cc(C(=O)NCC(O)c2c(F)cccc2F)ccn1. The molecule has 0 radical (unpaired) electrons. The summed E-state index contributed by atoms with van der Waals surface area (Å²) < 4.78 is 27.1. The standard InChI is InChI=1S/C16H17F2N3O2/c1-21(2)14-8-10(6-7-19-14)16(23)20-9-13(22)15-11(17)4-3-5-12(15)18/h3-8,13,22H,9H2,1-2H3,(H,20,23). The van der Waals surface area contributed by atoms with Gasteiger partial charge < -0.3 is 15.3 Å². The number of carbonyl (C=O) groups excluding carboxylic acids is 1. The van der Waals surface area contributed by atoms with E-state index in [1.807, 2.05) is 0 Å². The van der Waals surface area contributed by atoms with Crippen molar-refractivity contribution in [2.24, 2.45) is 0 Å². The van der Waals surface area contributed by atoms with Gasteiger partial charge >= 0.3 is 0 Å². The largest absolute Gasteiger partial charge is 0.386 e. The fourth-order valence-electron chi connectivity index (χ4n) is 2.03. The second kappa shape index (κ2) is 7.15. The Bertz CT molecular complexity index is 687. The number of hydrogen-bond donors (Lipinski definition) is 2. The third-order valence-electron chi connectivity index (χ3n) is 3.25. The van der Waals surface area contributed by atoms with Crippen molar-refractivity contribution in [1.29, 1.82) is 0 Å². The molecule has 5 nitrogen and oxygen atoms in total. The molecular formula is C16H17F2N3O2. The molecule has 1 aromatic heterocycles. The highest BCUT2D eigenvalue weighted by Gasteiger charge is 2.18. The van der Waals surface area contributed by atoms with Crippen LogP contribution >= 0.6 is 0 Å². The van der Waals surface area contributed by atoms with Crippen LogP contribution in [0, 0.1) is 11.6 Å². The summed E-state index contributed by atoms with van der Waals surface area (Å²) in [5.74, 6) is -1.58. The van der Waals surface area contributed by atoms with Crippen molar-refractivity contribution < 1.29 is 18.7 Å². The summed E-state index contributed by atoms with van der Waals surface area (Å²) in [5.41, 5.74) is -0.124. The van der Waals surface area contributed by atoms with Crippen molar-refractivity contribution >= 4 is 11.7 Å². The highest BCUT2D eigenvalue weighted by atomic mass is 19.1. The van der Waals surface area contributed by atoms with Gasteiger partial charge in [-0.2, -0.15) is 0 Å². The molecule has 1 heterocycles. The van der Waals surface area contributed by atoms with Gasteiger partial charge in [0.05, 0.1) is 5.56 Å². The van der Waals surface area contributed by atoms with Crippen LogP contribution in [0.25, 0.3) is 0 Å². The predicted octanol–water partition coefficient (Wildman–Crippen LogP) is 1.89. The Morgan fingerprint density at radius 1 is 1.30 bits per heavy atom. The lowest BCUT2D eigenvalue weighted by Crippen LogP contribution is -2.29. The summed E-state index contributed by atoms with van der Waals surface area (Å²) in [5, 5.41) is 12.4. The van der Waals surface area contributed by atoms with Crippen molar-refractivity contribution in [2.45, 2.75) is 6.10 Å². The minimum absolute atomic E-state index is 0.309. The molecule has 1 unspecified atom stereocenters. The van der Waals surface area contributed by atoms with Crippen molar-refractivity contribution in [2.75, 3.05) is 25.5 Å². The topological polar surface area (TPSA) is 65.5 Å². The molecule has 2 aromatic rings. The molecule has 23 heavy (non-hydrogen) atoms. The smallest absolute Gasteiger partial charge is 0.251 e. The van der Waals surface area contributed by atoms with Gasteiger partial charge in [-0.15, -0.1) is 0 Å². The number of benzene rings is 1. The molecule has 0 fully saturated rings. The molecule has 0 spiro atoms. The number of aromatic nitrogens is 1. The third kappa shape index (κ3) is 4.01. The van der Waals surface area contributed by atoms with Gasteiger partial charge in [0.1, 0.15) is 23.6 Å². The Morgan fingerprint density at radius 2 is 1.96 bits per heavy atom. The minimum atomic E-state index is -1.48. The number of rotatable bonds is 5. The predicted molar refractivity (Wildman–Crippen MR) is 82.2 cm³/mol. The number of hydrogen-bond acceptors (Lipinski definition) is 4. The third-order valence-corrected chi connectivity index (χ3v) is 3.25. The molecule has 122 valence electrons. The molecule has 0 aliphatic heterocycles. The van der Waals surface area contributed by atoms with E-state index in [0.717, 1.165) is 12.1 Å². The van der Waals surface area contributed by atoms with E-state index >= 15 is 0 Å². The Morgan fingerprint density at radius 3 is 2.57 bits per heavy atom. The van der Waals surface area contributed by atoms with Gasteiger partial charge in [0.25, 0.3) is 5.91 Å². The quantitative estimate of drug-likeness (QED) is 0.883. The van der Waals surface area contributed by atoms with Crippen molar-refractivity contribution in [3.05, 3.63) is 59.3 Å². The molecular weight excluding hydrogens is 304 g/mol. The van der Waals surface area contributed by atoms with Crippen LogP contribution in [0.1, 0.15) is 22.0 Å². The van der Waals surface area contributed by atoms with Gasteiger partial charge in [-0.1, -0.05) is 6.07 Å². The van der Waals surface area contributed by atoms with Gasteiger partial charge in [0, 0.05) is 32.4 Å². The number of halogens is 2. The van der Waals surface area contributed by atoms with Crippen LogP contribution in [0.4, 0.5) is 14.6 Å². The maximum Gasteiger partial charge on any atom is 0.251 e. The van der Waals surface area contributed by atoms with Gasteiger partial charge in [-0.05, 0) is 24.3 Å². The lowest BCUT2D eigenvalue weighted by atomic mass is 10.1. The first kappa shape index (κ1) is 16.8. The normalized spacial score (nSPS) is 11.9. The van der Waals surface area contributed by atoms with E-state index in [9.17, 15) is 18.7 Å². The zero-order valence-electron chi connectivity index (χ0n) is 12.8. The summed E-state index contributed by atoms with van der Waals surface area (Å²) in [6.45, 7) is -0.309. The molecule has 0 bridgehead atoms. The van der Waals surface area contributed by atoms with E-state index in [4.69, 9.17) is 0 Å². The maximum absolute atomic E-state index is 13.6. The van der Waals surface area contributed by atoms with Crippen LogP contribution < -0.4 is 10.2 Å². The Kier molecular flexibility index (Phi) is 5.23. The van der Waals surface area contributed by atoms with Crippen LogP contribution in [-0.2, 0) is 0 Å². The molecule has 0 saturated carbocycles. The number of pyridine rings is 1. The zero-order chi connectivity index (χ0) is 17.0. The fourth-order valence-corrected chi connectivity index (χ4v) is 2.03. The Hall–Kier alpha value is -2.54. The second-order valence-electron chi connectivity index (χ2n) is 5.16. The molecule has 7 heteroatoms. The minimum Gasteiger partial charge on any atom is -0.386 e. The molecule has 0 saturated heterocycles. The van der Waals surface area contributed by atoms with Gasteiger partial charge in [0.2, 0.25) is 0 Å². The van der Waals surface area contributed by atoms with E-state index in [1.165, 1.54) is 18.3 Å².